The second-order valence-electron chi connectivity index (χ2n) is 5.32. The third-order valence-electron chi connectivity index (χ3n) is 3.65. The summed E-state index contributed by atoms with van der Waals surface area (Å²) in [6.45, 7) is 1.78. The first-order valence-corrected chi connectivity index (χ1v) is 9.01. The number of methoxy groups -OCH3 is 1. The number of sulfonamides is 1. The van der Waals surface area contributed by atoms with Gasteiger partial charge in [0.25, 0.3) is 5.91 Å². The first-order valence-electron chi connectivity index (χ1n) is 7.47. The van der Waals surface area contributed by atoms with Crippen molar-refractivity contribution in [3.63, 3.8) is 0 Å². The summed E-state index contributed by atoms with van der Waals surface area (Å²) in [5.41, 5.74) is 0.390. The number of rotatable bonds is 6. The van der Waals surface area contributed by atoms with Gasteiger partial charge in [-0.25, -0.2) is 13.6 Å². The molecular weight excluding hydrogens is 362 g/mol. The molecule has 3 N–H and O–H groups in total. The fourth-order valence-corrected chi connectivity index (χ4v) is 3.24. The van der Waals surface area contributed by atoms with Gasteiger partial charge in [-0.3, -0.25) is 14.9 Å². The molecule has 26 heavy (non-hydrogen) atoms. The average molecular weight is 379 g/mol. The van der Waals surface area contributed by atoms with Crippen LogP contribution >= 0.6 is 0 Å². The van der Waals surface area contributed by atoms with Crippen molar-refractivity contribution in [2.75, 3.05) is 12.4 Å². The Balaban J connectivity index is 2.36. The molecule has 0 radical (unpaired) electrons. The fourth-order valence-electron chi connectivity index (χ4n) is 2.37. The van der Waals surface area contributed by atoms with Gasteiger partial charge < -0.3 is 10.1 Å². The Hall–Kier alpha value is -2.98. The SMILES string of the molecule is CCc1ccc(NC(=O)c2ccc(OC)c([N+](=O)[O-])c2)cc1S(N)(=O)=O. The predicted octanol–water partition coefficient (Wildman–Crippen LogP) is 2.07. The third kappa shape index (κ3) is 4.16. The van der Waals surface area contributed by atoms with Crippen molar-refractivity contribution in [1.29, 1.82) is 0 Å². The fraction of sp³-hybridized carbons (Fsp3) is 0.188. The summed E-state index contributed by atoms with van der Waals surface area (Å²) < 4.78 is 28.3. The number of benzene rings is 2. The summed E-state index contributed by atoms with van der Waals surface area (Å²) in [5.74, 6) is -0.615. The summed E-state index contributed by atoms with van der Waals surface area (Å²) in [6, 6.07) is 8.08. The number of carbonyl (C=O) groups is 1. The minimum Gasteiger partial charge on any atom is -0.490 e. The highest BCUT2D eigenvalue weighted by Gasteiger charge is 2.19. The number of hydrogen-bond donors (Lipinski definition) is 2. The van der Waals surface area contributed by atoms with E-state index < -0.39 is 20.9 Å². The first-order chi connectivity index (χ1) is 12.2. The summed E-state index contributed by atoms with van der Waals surface area (Å²) in [5, 5.41) is 18.8. The minimum absolute atomic E-state index is 0.0224. The molecule has 0 spiro atoms. The van der Waals surface area contributed by atoms with Gasteiger partial charge >= 0.3 is 5.69 Å². The number of ether oxygens (including phenoxy) is 1. The number of nitro groups is 1. The molecule has 1 amide bonds. The van der Waals surface area contributed by atoms with Crippen LogP contribution in [-0.2, 0) is 16.4 Å². The Morgan fingerprint density at radius 3 is 2.50 bits per heavy atom. The quantitative estimate of drug-likeness (QED) is 0.581. The highest BCUT2D eigenvalue weighted by molar-refractivity contribution is 7.89. The Morgan fingerprint density at radius 2 is 1.96 bits per heavy atom. The molecular formula is C16H17N3O6S. The van der Waals surface area contributed by atoms with Crippen molar-refractivity contribution in [1.82, 2.24) is 0 Å². The summed E-state index contributed by atoms with van der Waals surface area (Å²) >= 11 is 0. The zero-order valence-electron chi connectivity index (χ0n) is 14.1. The lowest BCUT2D eigenvalue weighted by molar-refractivity contribution is -0.385. The maximum atomic E-state index is 12.3. The van der Waals surface area contributed by atoms with Gasteiger partial charge in [0, 0.05) is 17.3 Å². The molecule has 10 heteroatoms. The predicted molar refractivity (Wildman–Crippen MR) is 94.8 cm³/mol. The van der Waals surface area contributed by atoms with Crippen molar-refractivity contribution < 1.29 is 22.9 Å². The van der Waals surface area contributed by atoms with Crippen molar-refractivity contribution >= 4 is 27.3 Å². The van der Waals surface area contributed by atoms with Crippen molar-refractivity contribution in [3.05, 3.63) is 57.6 Å². The van der Waals surface area contributed by atoms with E-state index in [1.54, 1.807) is 13.0 Å². The molecule has 0 heterocycles. The number of amides is 1. The summed E-state index contributed by atoms with van der Waals surface area (Å²) in [6.07, 6.45) is 0.449. The number of primary sulfonamides is 1. The van der Waals surface area contributed by atoms with Crippen molar-refractivity contribution in [2.45, 2.75) is 18.2 Å². The normalized spacial score (nSPS) is 11.0. The summed E-state index contributed by atoms with van der Waals surface area (Å²) in [4.78, 5) is 22.7. The molecule has 9 nitrogen and oxygen atoms in total. The van der Waals surface area contributed by atoms with Crippen molar-refractivity contribution in [3.8, 4) is 5.75 Å². The molecule has 0 aliphatic rings. The Labute approximate surface area is 150 Å². The number of hydrogen-bond acceptors (Lipinski definition) is 6. The van der Waals surface area contributed by atoms with Crippen LogP contribution in [0.3, 0.4) is 0 Å². The molecule has 0 aliphatic heterocycles. The minimum atomic E-state index is -3.95. The lowest BCUT2D eigenvalue weighted by Crippen LogP contribution is -2.16. The van der Waals surface area contributed by atoms with E-state index in [0.717, 1.165) is 6.07 Å². The number of nitrogens with one attached hydrogen (secondary N) is 1. The van der Waals surface area contributed by atoms with Crippen LogP contribution in [0.2, 0.25) is 0 Å². The van der Waals surface area contributed by atoms with Crippen LogP contribution in [0.5, 0.6) is 5.75 Å². The number of nitrogens with two attached hydrogens (primary N) is 1. The Bertz CT molecular complexity index is 972. The van der Waals surface area contributed by atoms with Crippen LogP contribution in [0, 0.1) is 10.1 Å². The molecule has 0 aromatic heterocycles. The zero-order valence-corrected chi connectivity index (χ0v) is 14.9. The second-order valence-corrected chi connectivity index (χ2v) is 6.85. The van der Waals surface area contributed by atoms with Crippen LogP contribution < -0.4 is 15.2 Å². The van der Waals surface area contributed by atoms with E-state index in [1.807, 2.05) is 0 Å². The Morgan fingerprint density at radius 1 is 1.27 bits per heavy atom. The second kappa shape index (κ2) is 7.50. The van der Waals surface area contributed by atoms with E-state index in [2.05, 4.69) is 5.32 Å². The first kappa shape index (κ1) is 19.3. The molecule has 0 saturated carbocycles. The zero-order chi connectivity index (χ0) is 19.5. The molecule has 0 aliphatic carbocycles. The Kier molecular flexibility index (Phi) is 5.58. The molecule has 2 rings (SSSR count). The van der Waals surface area contributed by atoms with Crippen LogP contribution in [0.4, 0.5) is 11.4 Å². The van der Waals surface area contributed by atoms with Crippen LogP contribution in [-0.4, -0.2) is 26.4 Å². The number of aryl methyl sites for hydroxylation is 1. The van der Waals surface area contributed by atoms with E-state index in [4.69, 9.17) is 9.88 Å². The number of carbonyl (C=O) groups excluding carboxylic acids is 1. The van der Waals surface area contributed by atoms with E-state index in [9.17, 15) is 23.3 Å². The third-order valence-corrected chi connectivity index (χ3v) is 4.64. The van der Waals surface area contributed by atoms with Gasteiger partial charge in [-0.15, -0.1) is 0 Å². The highest BCUT2D eigenvalue weighted by Crippen LogP contribution is 2.28. The lowest BCUT2D eigenvalue weighted by Gasteiger charge is -2.10. The largest absolute Gasteiger partial charge is 0.490 e. The maximum Gasteiger partial charge on any atom is 0.311 e. The standard InChI is InChI=1S/C16H17N3O6S/c1-3-10-4-6-12(9-15(10)26(17,23)24)18-16(20)11-5-7-14(25-2)13(8-11)19(21)22/h4-9H,3H2,1-2H3,(H,18,20)(H2,17,23,24). The van der Waals surface area contributed by atoms with Gasteiger partial charge in [0.1, 0.15) is 0 Å². The molecule has 0 bridgehead atoms. The van der Waals surface area contributed by atoms with Crippen LogP contribution in [0.25, 0.3) is 0 Å². The summed E-state index contributed by atoms with van der Waals surface area (Å²) in [7, 11) is -2.67. The van der Waals surface area contributed by atoms with Gasteiger partial charge in [-0.1, -0.05) is 13.0 Å². The van der Waals surface area contributed by atoms with Crippen molar-refractivity contribution in [2.24, 2.45) is 5.14 Å². The average Bonchev–Trinajstić information content (AvgIpc) is 2.60. The van der Waals surface area contributed by atoms with Gasteiger partial charge in [-0.05, 0) is 36.2 Å². The van der Waals surface area contributed by atoms with E-state index in [-0.39, 0.29) is 27.6 Å². The van der Waals surface area contributed by atoms with E-state index in [0.29, 0.717) is 12.0 Å². The van der Waals surface area contributed by atoms with Gasteiger partial charge in [-0.2, -0.15) is 0 Å². The monoisotopic (exact) mass is 379 g/mol. The molecule has 0 atom stereocenters. The van der Waals surface area contributed by atoms with Crippen LogP contribution in [0.1, 0.15) is 22.8 Å². The molecule has 0 unspecified atom stereocenters. The van der Waals surface area contributed by atoms with Crippen LogP contribution in [0.15, 0.2) is 41.3 Å². The maximum absolute atomic E-state index is 12.3. The van der Waals surface area contributed by atoms with E-state index in [1.165, 1.54) is 31.4 Å². The molecule has 0 fully saturated rings. The lowest BCUT2D eigenvalue weighted by atomic mass is 10.1. The van der Waals surface area contributed by atoms with E-state index >= 15 is 0 Å². The molecule has 0 saturated heterocycles. The molecule has 2 aromatic carbocycles. The van der Waals surface area contributed by atoms with Gasteiger partial charge in [0.05, 0.1) is 16.9 Å². The smallest absolute Gasteiger partial charge is 0.311 e. The van der Waals surface area contributed by atoms with Gasteiger partial charge in [0.2, 0.25) is 10.0 Å². The molecule has 2 aromatic rings. The number of nitrogens with zero attached hydrogens (tertiary/aromatic N) is 1. The molecule has 138 valence electrons. The van der Waals surface area contributed by atoms with Gasteiger partial charge in [0.15, 0.2) is 5.75 Å². The highest BCUT2D eigenvalue weighted by atomic mass is 32.2. The number of nitro benzene ring substituents is 1. The number of anilines is 1. The topological polar surface area (TPSA) is 142 Å².